The first kappa shape index (κ1) is 21.5. The Morgan fingerprint density at radius 3 is 2.31 bits per heavy atom. The van der Waals surface area contributed by atoms with E-state index in [4.69, 9.17) is 9.88 Å². The fourth-order valence-corrected chi connectivity index (χ4v) is 7.74. The van der Waals surface area contributed by atoms with E-state index < -0.39 is 15.4 Å². The van der Waals surface area contributed by atoms with E-state index in [1.54, 1.807) is 6.07 Å². The SMILES string of the molecule is COc1ccc(NC(=O)C23CC4CC(C2)CC(c2ccc(C)cc2)(C4)C3)cc1S(N)(=O)=O. The van der Waals surface area contributed by atoms with E-state index in [-0.39, 0.29) is 22.0 Å². The Kier molecular flexibility index (Phi) is 4.91. The van der Waals surface area contributed by atoms with Crippen LogP contribution in [-0.2, 0) is 20.2 Å². The van der Waals surface area contributed by atoms with Crippen molar-refractivity contribution < 1.29 is 17.9 Å². The number of anilines is 1. The first-order valence-corrected chi connectivity index (χ1v) is 12.8. The van der Waals surface area contributed by atoms with Crippen LogP contribution in [0.15, 0.2) is 47.4 Å². The molecule has 1 amide bonds. The number of rotatable bonds is 5. The lowest BCUT2D eigenvalue weighted by Crippen LogP contribution is -2.57. The minimum atomic E-state index is -3.97. The van der Waals surface area contributed by atoms with Gasteiger partial charge in [-0.25, -0.2) is 13.6 Å². The second-order valence-electron chi connectivity index (χ2n) is 10.3. The van der Waals surface area contributed by atoms with Gasteiger partial charge in [-0.05, 0) is 86.5 Å². The maximum Gasteiger partial charge on any atom is 0.241 e. The molecule has 3 N–H and O–H groups in total. The predicted molar refractivity (Wildman–Crippen MR) is 123 cm³/mol. The molecule has 0 heterocycles. The van der Waals surface area contributed by atoms with Crippen LogP contribution in [0.4, 0.5) is 5.69 Å². The Morgan fingerprint density at radius 1 is 1.06 bits per heavy atom. The summed E-state index contributed by atoms with van der Waals surface area (Å²) in [7, 11) is -2.58. The van der Waals surface area contributed by atoms with Gasteiger partial charge in [-0.3, -0.25) is 4.79 Å². The molecule has 2 aromatic carbocycles. The van der Waals surface area contributed by atoms with E-state index in [0.717, 1.165) is 32.1 Å². The van der Waals surface area contributed by atoms with Gasteiger partial charge in [0.05, 0.1) is 12.5 Å². The lowest BCUT2D eigenvalue weighted by molar-refractivity contribution is -0.143. The highest BCUT2D eigenvalue weighted by molar-refractivity contribution is 7.89. The summed E-state index contributed by atoms with van der Waals surface area (Å²) in [6.07, 6.45) is 6.17. The predicted octanol–water partition coefficient (Wildman–Crippen LogP) is 4.13. The van der Waals surface area contributed by atoms with Crippen LogP contribution in [0.3, 0.4) is 0 Å². The van der Waals surface area contributed by atoms with Crippen LogP contribution in [-0.4, -0.2) is 21.4 Å². The third kappa shape index (κ3) is 3.52. The monoisotopic (exact) mass is 454 g/mol. The molecule has 4 fully saturated rings. The number of methoxy groups -OCH3 is 1. The van der Waals surface area contributed by atoms with Crippen molar-refractivity contribution in [2.45, 2.75) is 55.8 Å². The molecule has 2 unspecified atom stereocenters. The smallest absolute Gasteiger partial charge is 0.241 e. The van der Waals surface area contributed by atoms with Crippen molar-refractivity contribution in [3.8, 4) is 5.75 Å². The minimum absolute atomic E-state index is 0.00590. The summed E-state index contributed by atoms with van der Waals surface area (Å²) in [6, 6.07) is 13.4. The molecule has 32 heavy (non-hydrogen) atoms. The fraction of sp³-hybridized carbons (Fsp3) is 0.480. The zero-order valence-corrected chi connectivity index (χ0v) is 19.4. The van der Waals surface area contributed by atoms with E-state index in [1.807, 2.05) is 0 Å². The van der Waals surface area contributed by atoms with Gasteiger partial charge in [0.2, 0.25) is 15.9 Å². The van der Waals surface area contributed by atoms with Gasteiger partial charge >= 0.3 is 0 Å². The fourth-order valence-electron chi connectivity index (χ4n) is 7.01. The summed E-state index contributed by atoms with van der Waals surface area (Å²) in [5, 5.41) is 8.38. The molecule has 0 spiro atoms. The maximum atomic E-state index is 13.7. The number of nitrogens with two attached hydrogens (primary N) is 1. The van der Waals surface area contributed by atoms with Crippen molar-refractivity contribution in [3.63, 3.8) is 0 Å². The zero-order chi connectivity index (χ0) is 22.7. The van der Waals surface area contributed by atoms with E-state index in [1.165, 1.54) is 36.8 Å². The summed E-state index contributed by atoms with van der Waals surface area (Å²) in [6.45, 7) is 2.10. The highest BCUT2D eigenvalue weighted by atomic mass is 32.2. The molecule has 7 heteroatoms. The molecule has 2 atom stereocenters. The van der Waals surface area contributed by atoms with Crippen LogP contribution in [0.2, 0.25) is 0 Å². The van der Waals surface area contributed by atoms with Crippen LogP contribution in [0.5, 0.6) is 5.75 Å². The number of hydrogen-bond donors (Lipinski definition) is 2. The molecule has 6 nitrogen and oxygen atoms in total. The molecule has 0 aromatic heterocycles. The number of amides is 1. The molecule has 2 aromatic rings. The van der Waals surface area contributed by atoms with E-state index in [2.05, 4.69) is 36.5 Å². The largest absolute Gasteiger partial charge is 0.495 e. The standard InChI is InChI=1S/C25H30N2O4S/c1-16-3-5-19(6-4-16)24-11-17-9-18(12-24)14-25(13-17,15-24)23(28)27-20-7-8-21(31-2)22(10-20)32(26,29)30/h3-8,10,17-18H,9,11-15H2,1-2H3,(H,27,28)(H2,26,29,30). The van der Waals surface area contributed by atoms with Crippen LogP contribution in [0.25, 0.3) is 0 Å². The Morgan fingerprint density at radius 2 is 1.72 bits per heavy atom. The molecule has 0 radical (unpaired) electrons. The van der Waals surface area contributed by atoms with Gasteiger partial charge < -0.3 is 10.1 Å². The van der Waals surface area contributed by atoms with Crippen molar-refractivity contribution in [3.05, 3.63) is 53.6 Å². The highest BCUT2D eigenvalue weighted by Gasteiger charge is 2.60. The third-order valence-electron chi connectivity index (χ3n) is 7.93. The normalized spacial score (nSPS) is 30.8. The first-order chi connectivity index (χ1) is 15.1. The Bertz CT molecular complexity index is 1160. The van der Waals surface area contributed by atoms with Gasteiger partial charge in [-0.2, -0.15) is 0 Å². The van der Waals surface area contributed by atoms with Crippen molar-refractivity contribution >= 4 is 21.6 Å². The number of carbonyl (C=O) groups is 1. The molecule has 0 saturated heterocycles. The quantitative estimate of drug-likeness (QED) is 0.710. The Labute approximate surface area is 189 Å². The average molecular weight is 455 g/mol. The summed E-state index contributed by atoms with van der Waals surface area (Å²) in [5.41, 5.74) is 2.67. The van der Waals surface area contributed by atoms with Crippen LogP contribution in [0, 0.1) is 24.2 Å². The molecular weight excluding hydrogens is 424 g/mol. The van der Waals surface area contributed by atoms with E-state index in [0.29, 0.717) is 17.5 Å². The molecule has 6 rings (SSSR count). The number of carbonyl (C=O) groups excluding carboxylic acids is 1. The molecule has 4 bridgehead atoms. The summed E-state index contributed by atoms with van der Waals surface area (Å²) in [5.74, 6) is 1.27. The van der Waals surface area contributed by atoms with E-state index >= 15 is 0 Å². The van der Waals surface area contributed by atoms with Gasteiger partial charge in [0.15, 0.2) is 0 Å². The maximum absolute atomic E-state index is 13.7. The van der Waals surface area contributed by atoms with Crippen LogP contribution < -0.4 is 15.2 Å². The molecule has 4 aliphatic carbocycles. The first-order valence-electron chi connectivity index (χ1n) is 11.2. The van der Waals surface area contributed by atoms with Crippen LogP contribution in [0.1, 0.15) is 49.7 Å². The van der Waals surface area contributed by atoms with Gasteiger partial charge in [-0.15, -0.1) is 0 Å². The lowest BCUT2D eigenvalue weighted by Gasteiger charge is -2.61. The molecule has 170 valence electrons. The summed E-state index contributed by atoms with van der Waals surface area (Å²) >= 11 is 0. The number of ether oxygens (including phenoxy) is 1. The van der Waals surface area contributed by atoms with Crippen molar-refractivity contribution in [2.75, 3.05) is 12.4 Å². The zero-order valence-electron chi connectivity index (χ0n) is 18.6. The second-order valence-corrected chi connectivity index (χ2v) is 11.8. The van der Waals surface area contributed by atoms with E-state index in [9.17, 15) is 13.2 Å². The topological polar surface area (TPSA) is 98.5 Å². The average Bonchev–Trinajstić information content (AvgIpc) is 2.72. The lowest BCUT2D eigenvalue weighted by atomic mass is 9.42. The summed E-state index contributed by atoms with van der Waals surface area (Å²) < 4.78 is 29.1. The number of primary sulfonamides is 1. The summed E-state index contributed by atoms with van der Waals surface area (Å²) in [4.78, 5) is 13.6. The Balaban J connectivity index is 1.46. The number of nitrogens with one attached hydrogen (secondary N) is 1. The molecule has 4 aliphatic rings. The molecular formula is C25H30N2O4S. The molecule has 0 aliphatic heterocycles. The van der Waals surface area contributed by atoms with Crippen LogP contribution >= 0.6 is 0 Å². The second kappa shape index (κ2) is 7.32. The van der Waals surface area contributed by atoms with Gasteiger partial charge in [0.25, 0.3) is 0 Å². The van der Waals surface area contributed by atoms with Gasteiger partial charge in [0.1, 0.15) is 10.6 Å². The number of benzene rings is 2. The van der Waals surface area contributed by atoms with Crippen molar-refractivity contribution in [1.29, 1.82) is 0 Å². The number of hydrogen-bond acceptors (Lipinski definition) is 4. The molecule has 4 saturated carbocycles. The third-order valence-corrected chi connectivity index (χ3v) is 8.87. The Hall–Kier alpha value is -2.38. The highest BCUT2D eigenvalue weighted by Crippen LogP contribution is 2.66. The van der Waals surface area contributed by atoms with Gasteiger partial charge in [0, 0.05) is 5.69 Å². The minimum Gasteiger partial charge on any atom is -0.495 e. The van der Waals surface area contributed by atoms with Crippen molar-refractivity contribution in [2.24, 2.45) is 22.4 Å². The van der Waals surface area contributed by atoms with Gasteiger partial charge in [-0.1, -0.05) is 29.8 Å². The van der Waals surface area contributed by atoms with Crippen molar-refractivity contribution in [1.82, 2.24) is 0 Å². The number of aryl methyl sites for hydroxylation is 1. The number of sulfonamides is 1.